The molecule has 2 aromatic carbocycles. The minimum Gasteiger partial charge on any atom is -0.501 e. The van der Waals surface area contributed by atoms with Gasteiger partial charge in [-0.1, -0.05) is 13.3 Å². The standard InChI is InChI=1S/C18H14N4O9/c1-2-3-4-31-9-14-12-5-10(19(23)24)7-15(21(27)28)17(12)18-13(14)6-11(20(25)26)8-16(18)22(29)30/h5-9H,2-4H2,1H3. The summed E-state index contributed by atoms with van der Waals surface area (Å²) in [6.07, 6.45) is 2.62. The van der Waals surface area contributed by atoms with Crippen LogP contribution in [-0.2, 0) is 4.74 Å². The normalized spacial score (nSPS) is 11.5. The molecule has 0 saturated heterocycles. The largest absolute Gasteiger partial charge is 0.501 e. The molecule has 0 saturated carbocycles. The second kappa shape index (κ2) is 8.14. The number of nitrogens with zero attached hydrogens (tertiary/aromatic N) is 4. The molecule has 0 heterocycles. The van der Waals surface area contributed by atoms with Gasteiger partial charge in [0.15, 0.2) is 0 Å². The highest BCUT2D eigenvalue weighted by atomic mass is 16.6. The summed E-state index contributed by atoms with van der Waals surface area (Å²) in [6.45, 7) is 2.16. The zero-order valence-corrected chi connectivity index (χ0v) is 16.0. The first-order valence-electron chi connectivity index (χ1n) is 8.93. The highest BCUT2D eigenvalue weighted by Gasteiger charge is 2.40. The van der Waals surface area contributed by atoms with E-state index >= 15 is 0 Å². The number of benzene rings is 2. The number of hydrogen-bond acceptors (Lipinski definition) is 9. The van der Waals surface area contributed by atoms with E-state index in [1.807, 2.05) is 6.92 Å². The van der Waals surface area contributed by atoms with Crippen molar-refractivity contribution in [3.63, 3.8) is 0 Å². The van der Waals surface area contributed by atoms with Crippen LogP contribution in [0.15, 0.2) is 30.5 Å². The average Bonchev–Trinajstić information content (AvgIpc) is 3.03. The second-order valence-electron chi connectivity index (χ2n) is 6.56. The Morgan fingerprint density at radius 1 is 0.774 bits per heavy atom. The van der Waals surface area contributed by atoms with Crippen LogP contribution in [0.1, 0.15) is 30.9 Å². The van der Waals surface area contributed by atoms with Gasteiger partial charge in [0.2, 0.25) is 0 Å². The van der Waals surface area contributed by atoms with Crippen molar-refractivity contribution in [2.24, 2.45) is 0 Å². The fraction of sp³-hybridized carbons (Fsp3) is 0.222. The van der Waals surface area contributed by atoms with Crippen molar-refractivity contribution in [1.29, 1.82) is 0 Å². The molecular weight excluding hydrogens is 416 g/mol. The summed E-state index contributed by atoms with van der Waals surface area (Å²) in [4.78, 5) is 42.5. The number of fused-ring (bicyclic) bond motifs is 3. The van der Waals surface area contributed by atoms with Gasteiger partial charge in [0.05, 0.1) is 55.8 Å². The van der Waals surface area contributed by atoms with Crippen molar-refractivity contribution in [1.82, 2.24) is 0 Å². The zero-order valence-electron chi connectivity index (χ0n) is 16.0. The maximum Gasteiger partial charge on any atom is 0.284 e. The van der Waals surface area contributed by atoms with Crippen molar-refractivity contribution in [2.45, 2.75) is 19.8 Å². The third-order valence-electron chi connectivity index (χ3n) is 4.67. The molecule has 0 aliphatic heterocycles. The fourth-order valence-electron chi connectivity index (χ4n) is 3.31. The van der Waals surface area contributed by atoms with Gasteiger partial charge in [-0.2, -0.15) is 0 Å². The molecule has 31 heavy (non-hydrogen) atoms. The molecule has 13 nitrogen and oxygen atoms in total. The van der Waals surface area contributed by atoms with Crippen LogP contribution in [0.4, 0.5) is 22.7 Å². The average molecular weight is 430 g/mol. The van der Waals surface area contributed by atoms with Crippen molar-refractivity contribution in [3.8, 4) is 11.1 Å². The molecule has 0 bridgehead atoms. The molecule has 160 valence electrons. The minimum absolute atomic E-state index is 0.0454. The Morgan fingerprint density at radius 2 is 1.23 bits per heavy atom. The fourth-order valence-corrected chi connectivity index (χ4v) is 3.31. The van der Waals surface area contributed by atoms with Crippen LogP contribution in [0.2, 0.25) is 0 Å². The topological polar surface area (TPSA) is 182 Å². The van der Waals surface area contributed by atoms with E-state index in [-0.39, 0.29) is 34.4 Å². The first-order chi connectivity index (χ1) is 14.7. The number of non-ortho nitro benzene ring substituents is 2. The molecule has 0 N–H and O–H groups in total. The lowest BCUT2D eigenvalue weighted by molar-refractivity contribution is -0.395. The molecule has 0 radical (unpaired) electrons. The van der Waals surface area contributed by atoms with Crippen molar-refractivity contribution < 1.29 is 24.4 Å². The van der Waals surface area contributed by atoms with Gasteiger partial charge >= 0.3 is 0 Å². The van der Waals surface area contributed by atoms with E-state index in [0.29, 0.717) is 18.6 Å². The van der Waals surface area contributed by atoms with E-state index in [0.717, 1.165) is 18.6 Å². The molecule has 0 atom stereocenters. The first-order valence-corrected chi connectivity index (χ1v) is 8.93. The van der Waals surface area contributed by atoms with Gasteiger partial charge in [-0.15, -0.1) is 0 Å². The molecule has 13 heteroatoms. The lowest BCUT2D eigenvalue weighted by atomic mass is 10.0. The third kappa shape index (κ3) is 3.75. The first kappa shape index (κ1) is 21.3. The SMILES string of the molecule is CCCCOC=C1c2cc([N+](=O)[O-])cc([N+](=O)[O-])c2-c2c1cc([N+](=O)[O-])cc2[N+](=O)[O-]. The van der Waals surface area contributed by atoms with Crippen LogP contribution in [0.25, 0.3) is 16.7 Å². The van der Waals surface area contributed by atoms with Gasteiger partial charge in [0.1, 0.15) is 0 Å². The van der Waals surface area contributed by atoms with E-state index in [2.05, 4.69) is 0 Å². The third-order valence-corrected chi connectivity index (χ3v) is 4.67. The van der Waals surface area contributed by atoms with E-state index < -0.39 is 42.4 Å². The minimum atomic E-state index is -0.887. The molecular formula is C18H14N4O9. The quantitative estimate of drug-likeness (QED) is 0.215. The Labute approximate surface area is 173 Å². The summed E-state index contributed by atoms with van der Waals surface area (Å²) < 4.78 is 5.43. The maximum atomic E-state index is 11.7. The van der Waals surface area contributed by atoms with Crippen LogP contribution < -0.4 is 0 Å². The van der Waals surface area contributed by atoms with Crippen LogP contribution in [0.5, 0.6) is 0 Å². The number of unbranched alkanes of at least 4 members (excludes halogenated alkanes) is 1. The van der Waals surface area contributed by atoms with E-state index in [1.54, 1.807) is 0 Å². The molecule has 0 amide bonds. The molecule has 0 aromatic heterocycles. The van der Waals surface area contributed by atoms with Gasteiger partial charge in [0.25, 0.3) is 22.7 Å². The number of rotatable bonds is 8. The van der Waals surface area contributed by atoms with E-state index in [4.69, 9.17) is 4.74 Å². The number of nitro benzene ring substituents is 4. The molecule has 0 fully saturated rings. The lowest BCUT2D eigenvalue weighted by Crippen LogP contribution is -1.99. The smallest absolute Gasteiger partial charge is 0.284 e. The predicted molar refractivity (Wildman–Crippen MR) is 106 cm³/mol. The van der Waals surface area contributed by atoms with Crippen LogP contribution in [0.3, 0.4) is 0 Å². The van der Waals surface area contributed by atoms with Crippen molar-refractivity contribution in [2.75, 3.05) is 6.61 Å². The van der Waals surface area contributed by atoms with Gasteiger partial charge in [0, 0.05) is 28.8 Å². The van der Waals surface area contributed by atoms with Crippen LogP contribution >= 0.6 is 0 Å². The number of nitro groups is 4. The van der Waals surface area contributed by atoms with Gasteiger partial charge < -0.3 is 4.74 Å². The second-order valence-corrected chi connectivity index (χ2v) is 6.56. The Bertz CT molecular complexity index is 1090. The highest BCUT2D eigenvalue weighted by molar-refractivity contribution is 6.08. The van der Waals surface area contributed by atoms with Gasteiger partial charge in [-0.05, 0) is 6.42 Å². The summed E-state index contributed by atoms with van der Waals surface area (Å²) in [5.74, 6) is 0. The molecule has 1 aliphatic carbocycles. The summed E-state index contributed by atoms with van der Waals surface area (Å²) in [5, 5.41) is 45.9. The van der Waals surface area contributed by atoms with E-state index in [1.165, 1.54) is 6.26 Å². The van der Waals surface area contributed by atoms with Crippen LogP contribution in [0, 0.1) is 40.5 Å². The van der Waals surface area contributed by atoms with Crippen molar-refractivity contribution in [3.05, 3.63) is 82.1 Å². The summed E-state index contributed by atoms with van der Waals surface area (Å²) in [6, 6.07) is 3.48. The Balaban J connectivity index is 2.42. The Hall–Kier alpha value is -4.42. The monoisotopic (exact) mass is 430 g/mol. The van der Waals surface area contributed by atoms with Crippen LogP contribution in [-0.4, -0.2) is 26.3 Å². The number of ether oxygens (including phenoxy) is 1. The van der Waals surface area contributed by atoms with Gasteiger partial charge in [-0.3, -0.25) is 40.5 Å². The summed E-state index contributed by atoms with van der Waals surface area (Å²) in [7, 11) is 0. The summed E-state index contributed by atoms with van der Waals surface area (Å²) in [5.41, 5.74) is -3.13. The highest BCUT2D eigenvalue weighted by Crippen LogP contribution is 2.54. The lowest BCUT2D eigenvalue weighted by Gasteiger charge is -2.05. The predicted octanol–water partition coefficient (Wildman–Crippen LogP) is 4.51. The maximum absolute atomic E-state index is 11.7. The number of hydrogen-bond donors (Lipinski definition) is 0. The molecule has 1 aliphatic rings. The molecule has 0 unspecified atom stereocenters. The van der Waals surface area contributed by atoms with Crippen molar-refractivity contribution >= 4 is 28.3 Å². The molecule has 0 spiro atoms. The Kier molecular flexibility index (Phi) is 5.59. The Morgan fingerprint density at radius 3 is 1.58 bits per heavy atom. The molecule has 2 aromatic rings. The molecule has 3 rings (SSSR count). The summed E-state index contributed by atoms with van der Waals surface area (Å²) >= 11 is 0. The van der Waals surface area contributed by atoms with Gasteiger partial charge in [-0.25, -0.2) is 0 Å². The zero-order chi connectivity index (χ0) is 22.9. The van der Waals surface area contributed by atoms with E-state index in [9.17, 15) is 40.5 Å².